The van der Waals surface area contributed by atoms with Crippen LogP contribution in [0.1, 0.15) is 49.7 Å². The van der Waals surface area contributed by atoms with Crippen molar-refractivity contribution in [2.45, 2.75) is 57.0 Å². The van der Waals surface area contributed by atoms with E-state index in [9.17, 15) is 9.59 Å². The van der Waals surface area contributed by atoms with Crippen molar-refractivity contribution < 1.29 is 9.59 Å². The van der Waals surface area contributed by atoms with Crippen molar-refractivity contribution in [3.8, 4) is 0 Å². The second-order valence-electron chi connectivity index (χ2n) is 7.37. The highest BCUT2D eigenvalue weighted by molar-refractivity contribution is 6.07. The summed E-state index contributed by atoms with van der Waals surface area (Å²) in [6.07, 6.45) is 6.92. The number of benzene rings is 1. The molecule has 2 fully saturated rings. The summed E-state index contributed by atoms with van der Waals surface area (Å²) in [7, 11) is 0. The van der Waals surface area contributed by atoms with Crippen LogP contribution in [0.5, 0.6) is 0 Å². The van der Waals surface area contributed by atoms with Crippen LogP contribution in [0.15, 0.2) is 24.3 Å². The molecule has 128 valence electrons. The number of carbonyl (C=O) groups is 2. The van der Waals surface area contributed by atoms with Gasteiger partial charge in [0, 0.05) is 13.1 Å². The molecule has 1 aliphatic carbocycles. The van der Waals surface area contributed by atoms with Crippen molar-refractivity contribution in [2.75, 3.05) is 13.2 Å². The van der Waals surface area contributed by atoms with Gasteiger partial charge in [-0.3, -0.25) is 9.69 Å². The van der Waals surface area contributed by atoms with Crippen molar-refractivity contribution in [1.82, 2.24) is 15.1 Å². The maximum absolute atomic E-state index is 13.0. The normalized spacial score (nSPS) is 23.9. The summed E-state index contributed by atoms with van der Waals surface area (Å²) in [5.41, 5.74) is 2.06. The second kappa shape index (κ2) is 6.20. The van der Waals surface area contributed by atoms with Crippen LogP contribution in [-0.4, -0.2) is 40.5 Å². The van der Waals surface area contributed by atoms with Gasteiger partial charge in [0.05, 0.1) is 6.67 Å². The van der Waals surface area contributed by atoms with E-state index in [-0.39, 0.29) is 11.9 Å². The molecule has 3 amide bonds. The van der Waals surface area contributed by atoms with Gasteiger partial charge in [-0.05, 0) is 30.4 Å². The third-order valence-electron chi connectivity index (χ3n) is 5.75. The van der Waals surface area contributed by atoms with E-state index in [1.54, 1.807) is 0 Å². The van der Waals surface area contributed by atoms with Gasteiger partial charge >= 0.3 is 6.03 Å². The summed E-state index contributed by atoms with van der Waals surface area (Å²) in [4.78, 5) is 29.1. The van der Waals surface area contributed by atoms with Gasteiger partial charge in [0.1, 0.15) is 5.54 Å². The van der Waals surface area contributed by atoms with Crippen LogP contribution in [-0.2, 0) is 17.8 Å². The first-order valence-electron chi connectivity index (χ1n) is 9.11. The molecule has 5 heteroatoms. The molecule has 1 spiro atoms. The minimum atomic E-state index is -0.624. The Morgan fingerprint density at radius 2 is 1.71 bits per heavy atom. The highest BCUT2D eigenvalue weighted by Gasteiger charge is 2.50. The topological polar surface area (TPSA) is 52.7 Å². The van der Waals surface area contributed by atoms with Gasteiger partial charge < -0.3 is 5.32 Å². The Morgan fingerprint density at radius 1 is 1.00 bits per heavy atom. The lowest BCUT2D eigenvalue weighted by molar-refractivity contribution is -0.133. The lowest BCUT2D eigenvalue weighted by atomic mass is 9.90. The van der Waals surface area contributed by atoms with E-state index in [0.717, 1.165) is 58.0 Å². The lowest BCUT2D eigenvalue weighted by Crippen LogP contribution is -2.48. The van der Waals surface area contributed by atoms with Gasteiger partial charge in [0.15, 0.2) is 0 Å². The number of fused-ring (bicyclic) bond motifs is 1. The van der Waals surface area contributed by atoms with Gasteiger partial charge in [-0.25, -0.2) is 9.69 Å². The molecule has 2 heterocycles. The zero-order chi connectivity index (χ0) is 16.6. The second-order valence-corrected chi connectivity index (χ2v) is 7.37. The smallest absolute Gasteiger partial charge is 0.323 e. The summed E-state index contributed by atoms with van der Waals surface area (Å²) in [5, 5.41) is 3.03. The first kappa shape index (κ1) is 15.6. The van der Waals surface area contributed by atoms with E-state index in [2.05, 4.69) is 34.5 Å². The molecule has 24 heavy (non-hydrogen) atoms. The first-order valence-corrected chi connectivity index (χ1v) is 9.11. The highest BCUT2D eigenvalue weighted by atomic mass is 16.2. The van der Waals surface area contributed by atoms with Gasteiger partial charge in [-0.15, -0.1) is 0 Å². The maximum atomic E-state index is 13.0. The number of hydrogen-bond donors (Lipinski definition) is 1. The molecule has 0 aromatic heterocycles. The molecule has 0 atom stereocenters. The molecule has 0 unspecified atom stereocenters. The van der Waals surface area contributed by atoms with Crippen molar-refractivity contribution >= 4 is 11.9 Å². The largest absolute Gasteiger partial charge is 0.326 e. The SMILES string of the molecule is O=C1NC2(CCCCCC2)C(=O)N1CN1CCc2ccccc2C1. The van der Waals surface area contributed by atoms with Crippen LogP contribution in [0.25, 0.3) is 0 Å². The minimum Gasteiger partial charge on any atom is -0.323 e. The Bertz CT molecular complexity index is 650. The molecule has 4 rings (SSSR count). The Labute approximate surface area is 143 Å². The van der Waals surface area contributed by atoms with E-state index in [1.807, 2.05) is 0 Å². The number of urea groups is 1. The predicted molar refractivity (Wildman–Crippen MR) is 91.2 cm³/mol. The number of rotatable bonds is 2. The number of amides is 3. The minimum absolute atomic E-state index is 0.00624. The molecule has 3 aliphatic rings. The van der Waals surface area contributed by atoms with Crippen molar-refractivity contribution in [3.05, 3.63) is 35.4 Å². The van der Waals surface area contributed by atoms with E-state index >= 15 is 0 Å². The van der Waals surface area contributed by atoms with Crippen LogP contribution < -0.4 is 5.32 Å². The Kier molecular flexibility index (Phi) is 4.04. The summed E-state index contributed by atoms with van der Waals surface area (Å²) in [6, 6.07) is 8.22. The Balaban J connectivity index is 1.47. The summed E-state index contributed by atoms with van der Waals surface area (Å²) in [6.45, 7) is 2.10. The number of hydrogen-bond acceptors (Lipinski definition) is 3. The Hall–Kier alpha value is -1.88. The predicted octanol–water partition coefficient (Wildman–Crippen LogP) is 2.65. The van der Waals surface area contributed by atoms with E-state index in [0.29, 0.717) is 6.67 Å². The number of nitrogens with one attached hydrogen (secondary N) is 1. The lowest BCUT2D eigenvalue weighted by Gasteiger charge is -2.31. The van der Waals surface area contributed by atoms with Gasteiger partial charge in [-0.1, -0.05) is 49.9 Å². The molecule has 1 aromatic carbocycles. The molecule has 0 radical (unpaired) electrons. The quantitative estimate of drug-likeness (QED) is 0.850. The zero-order valence-electron chi connectivity index (χ0n) is 14.1. The van der Waals surface area contributed by atoms with Crippen molar-refractivity contribution in [2.24, 2.45) is 0 Å². The van der Waals surface area contributed by atoms with Crippen LogP contribution in [0.3, 0.4) is 0 Å². The highest BCUT2D eigenvalue weighted by Crippen LogP contribution is 2.33. The molecule has 1 saturated carbocycles. The van der Waals surface area contributed by atoms with Crippen LogP contribution in [0.2, 0.25) is 0 Å². The molecule has 1 saturated heterocycles. The number of carbonyl (C=O) groups excluding carboxylic acids is 2. The van der Waals surface area contributed by atoms with Crippen LogP contribution >= 0.6 is 0 Å². The number of nitrogens with zero attached hydrogens (tertiary/aromatic N) is 2. The van der Waals surface area contributed by atoms with E-state index in [4.69, 9.17) is 0 Å². The molecule has 2 aliphatic heterocycles. The Morgan fingerprint density at radius 3 is 2.46 bits per heavy atom. The average molecular weight is 327 g/mol. The molecule has 0 bridgehead atoms. The number of imide groups is 1. The fourth-order valence-corrected chi connectivity index (χ4v) is 4.35. The fourth-order valence-electron chi connectivity index (χ4n) is 4.35. The molecular formula is C19H25N3O2. The molecule has 5 nitrogen and oxygen atoms in total. The van der Waals surface area contributed by atoms with Gasteiger partial charge in [0.2, 0.25) is 0 Å². The monoisotopic (exact) mass is 327 g/mol. The standard InChI is InChI=1S/C19H25N3O2/c23-17-19(10-5-1-2-6-11-19)20-18(24)22(17)14-21-12-9-15-7-3-4-8-16(15)13-21/h3-4,7-8H,1-2,5-6,9-14H2,(H,20,24). The molecule has 1 N–H and O–H groups in total. The van der Waals surface area contributed by atoms with Gasteiger partial charge in [-0.2, -0.15) is 0 Å². The summed E-state index contributed by atoms with van der Waals surface area (Å²) >= 11 is 0. The maximum Gasteiger partial charge on any atom is 0.326 e. The average Bonchev–Trinajstić information content (AvgIpc) is 2.76. The van der Waals surface area contributed by atoms with Crippen molar-refractivity contribution in [1.29, 1.82) is 0 Å². The molecular weight excluding hydrogens is 302 g/mol. The first-order chi connectivity index (χ1) is 11.7. The zero-order valence-corrected chi connectivity index (χ0v) is 14.1. The van der Waals surface area contributed by atoms with Crippen molar-refractivity contribution in [3.63, 3.8) is 0 Å². The summed E-state index contributed by atoms with van der Waals surface area (Å²) < 4.78 is 0. The fraction of sp³-hybridized carbons (Fsp3) is 0.579. The van der Waals surface area contributed by atoms with Crippen LogP contribution in [0.4, 0.5) is 4.79 Å². The molecule has 1 aromatic rings. The van der Waals surface area contributed by atoms with E-state index < -0.39 is 5.54 Å². The van der Waals surface area contributed by atoms with Crippen LogP contribution in [0, 0.1) is 0 Å². The third-order valence-corrected chi connectivity index (χ3v) is 5.75. The van der Waals surface area contributed by atoms with E-state index in [1.165, 1.54) is 16.0 Å². The third kappa shape index (κ3) is 2.71. The summed E-state index contributed by atoms with van der Waals surface area (Å²) in [5.74, 6) is -0.00624. The van der Waals surface area contributed by atoms with Gasteiger partial charge in [0.25, 0.3) is 5.91 Å².